The number of esters is 1. The van der Waals surface area contributed by atoms with Crippen molar-refractivity contribution in [2.75, 3.05) is 7.11 Å². The van der Waals surface area contributed by atoms with E-state index in [1.807, 2.05) is 0 Å². The van der Waals surface area contributed by atoms with Crippen molar-refractivity contribution in [2.24, 2.45) is 0 Å². The van der Waals surface area contributed by atoms with Crippen LogP contribution in [0.1, 0.15) is 16.1 Å². The van der Waals surface area contributed by atoms with Crippen LogP contribution in [0.5, 0.6) is 0 Å². The summed E-state index contributed by atoms with van der Waals surface area (Å²) in [6.45, 7) is -0.994. The minimum atomic E-state index is -5.10. The predicted octanol–water partition coefficient (Wildman–Crippen LogP) is 4.36. The number of fused-ring (bicyclic) bond motifs is 2. The van der Waals surface area contributed by atoms with Crippen LogP contribution in [0.15, 0.2) is 72.8 Å². The van der Waals surface area contributed by atoms with Crippen LogP contribution in [0.4, 0.5) is 17.6 Å². The third-order valence-corrected chi connectivity index (χ3v) is 6.10. The lowest BCUT2D eigenvalue weighted by Gasteiger charge is -2.32. The van der Waals surface area contributed by atoms with Crippen LogP contribution in [0.25, 0.3) is 27.5 Å². The van der Waals surface area contributed by atoms with Crippen LogP contribution in [0.3, 0.4) is 0 Å². The van der Waals surface area contributed by atoms with Gasteiger partial charge in [-0.05, 0) is 58.8 Å². The van der Waals surface area contributed by atoms with Crippen LogP contribution in [-0.4, -0.2) is 33.6 Å². The van der Waals surface area contributed by atoms with Gasteiger partial charge in [-0.15, -0.1) is 0 Å². The Morgan fingerprint density at radius 3 is 2.44 bits per heavy atom. The number of carbonyl (C=O) groups excluding carboxylic acids is 1. The van der Waals surface area contributed by atoms with E-state index < -0.39 is 35.7 Å². The first-order chi connectivity index (χ1) is 17.1. The third-order valence-electron chi connectivity index (χ3n) is 6.10. The highest BCUT2D eigenvalue weighted by Gasteiger charge is 2.56. The van der Waals surface area contributed by atoms with Crippen molar-refractivity contribution >= 4 is 27.8 Å². The number of hydrogen-bond donors (Lipinski definition) is 1. The molecule has 6 nitrogen and oxygen atoms in total. The number of carbonyl (C=O) groups is 1. The molecule has 1 unspecified atom stereocenters. The highest BCUT2D eigenvalue weighted by Crippen LogP contribution is 2.42. The summed E-state index contributed by atoms with van der Waals surface area (Å²) in [7, 11) is 1.13. The summed E-state index contributed by atoms with van der Waals surface area (Å²) in [5.74, 6) is -1.28. The van der Waals surface area contributed by atoms with Crippen molar-refractivity contribution in [3.05, 3.63) is 96.1 Å². The minimum absolute atomic E-state index is 0.127. The Kier molecular flexibility index (Phi) is 5.45. The van der Waals surface area contributed by atoms with Gasteiger partial charge in [-0.3, -0.25) is 0 Å². The molecule has 2 aromatic heterocycles. The van der Waals surface area contributed by atoms with Crippen molar-refractivity contribution in [3.8, 4) is 5.69 Å². The molecule has 36 heavy (non-hydrogen) atoms. The van der Waals surface area contributed by atoms with Gasteiger partial charge in [-0.1, -0.05) is 24.3 Å². The number of methoxy groups -OCH3 is 1. The Morgan fingerprint density at radius 2 is 1.75 bits per heavy atom. The summed E-state index contributed by atoms with van der Waals surface area (Å²) in [5, 5.41) is 16.0. The summed E-state index contributed by atoms with van der Waals surface area (Å²) < 4.78 is 63.9. The van der Waals surface area contributed by atoms with E-state index in [1.165, 1.54) is 41.1 Å². The van der Waals surface area contributed by atoms with Gasteiger partial charge in [0, 0.05) is 10.9 Å². The number of benzene rings is 3. The van der Waals surface area contributed by atoms with E-state index in [-0.39, 0.29) is 11.1 Å². The molecule has 5 rings (SSSR count). The number of alkyl halides is 3. The van der Waals surface area contributed by atoms with Crippen molar-refractivity contribution < 1.29 is 37.3 Å². The van der Waals surface area contributed by atoms with Gasteiger partial charge in [-0.2, -0.15) is 13.2 Å². The maximum atomic E-state index is 14.5. The summed E-state index contributed by atoms with van der Waals surface area (Å²) >= 11 is 0. The summed E-state index contributed by atoms with van der Waals surface area (Å²) in [6, 6.07) is 17.0. The van der Waals surface area contributed by atoms with Gasteiger partial charge in [0.1, 0.15) is 28.1 Å². The van der Waals surface area contributed by atoms with Gasteiger partial charge in [0.2, 0.25) is 5.60 Å². The normalized spacial score (nSPS) is 13.5. The molecule has 0 radical (unpaired) electrons. The number of nitrogens with zero attached hydrogens (tertiary/aromatic N) is 3. The third kappa shape index (κ3) is 3.74. The van der Waals surface area contributed by atoms with Crippen LogP contribution in [0, 0.1) is 12.0 Å². The van der Waals surface area contributed by atoms with Gasteiger partial charge < -0.3 is 14.4 Å². The Hall–Kier alpha value is -4.36. The SMILES string of the molecule is COC(=O)c1cc2ccccc2n1CC(O)(c1ccc2c(c#[n+]n2-c2ccc(F)cc2)c1)C(F)(F)F. The molecule has 0 aliphatic carbocycles. The number of aliphatic hydroxyl groups is 1. The molecule has 0 aliphatic rings. The highest BCUT2D eigenvalue weighted by atomic mass is 19.4. The smallest absolute Gasteiger partial charge is 0.423 e. The Bertz CT molecular complexity index is 1590. The molecule has 0 bridgehead atoms. The molecule has 5 aromatic rings. The average Bonchev–Trinajstić information content (AvgIpc) is 3.44. The zero-order chi connectivity index (χ0) is 25.7. The molecule has 2 heterocycles. The largest absolute Gasteiger partial charge is 0.464 e. The zero-order valence-corrected chi connectivity index (χ0v) is 18.8. The molecule has 182 valence electrons. The van der Waals surface area contributed by atoms with Crippen molar-refractivity contribution in [1.82, 2.24) is 9.25 Å². The van der Waals surface area contributed by atoms with Crippen LogP contribution < -0.4 is 5.10 Å². The fourth-order valence-corrected chi connectivity index (χ4v) is 4.23. The highest BCUT2D eigenvalue weighted by molar-refractivity contribution is 5.95. The molecule has 0 saturated carbocycles. The monoisotopic (exact) mass is 496 g/mol. The minimum Gasteiger partial charge on any atom is -0.464 e. The standard InChI is InChI=1S/C26H18F4N3O3/c1-36-24(34)23-13-16-4-2-3-5-21(16)32(23)15-25(35,26(28,29)30)18-6-11-22-17(12-18)14-31-33(22)20-9-7-19(27)8-10-20/h2-13,35H,15H2,1H3/q+1. The number of rotatable bonds is 5. The fourth-order valence-electron chi connectivity index (χ4n) is 4.23. The van der Waals surface area contributed by atoms with Crippen molar-refractivity contribution in [1.29, 1.82) is 0 Å². The Morgan fingerprint density at radius 1 is 1.03 bits per heavy atom. The van der Waals surface area contributed by atoms with Crippen LogP contribution in [-0.2, 0) is 16.9 Å². The predicted molar refractivity (Wildman–Crippen MR) is 121 cm³/mol. The van der Waals surface area contributed by atoms with E-state index in [0.29, 0.717) is 22.1 Å². The molecule has 1 N–H and O–H groups in total. The quantitative estimate of drug-likeness (QED) is 0.290. The molecule has 0 saturated heterocycles. The first-order valence-electron chi connectivity index (χ1n) is 10.7. The molecule has 0 amide bonds. The van der Waals surface area contributed by atoms with Crippen LogP contribution in [0.2, 0.25) is 0 Å². The molecular weight excluding hydrogens is 478 g/mol. The molecule has 1 atom stereocenters. The van der Waals surface area contributed by atoms with Crippen molar-refractivity contribution in [2.45, 2.75) is 18.3 Å². The van der Waals surface area contributed by atoms with E-state index in [4.69, 9.17) is 4.74 Å². The number of halogens is 4. The molecule has 0 spiro atoms. The fraction of sp³-hybridized carbons (Fsp3) is 0.154. The number of ether oxygens (including phenoxy) is 1. The lowest BCUT2D eigenvalue weighted by atomic mass is 9.91. The second kappa shape index (κ2) is 8.39. The van der Waals surface area contributed by atoms with Gasteiger partial charge in [-0.25, -0.2) is 9.18 Å². The van der Waals surface area contributed by atoms with Gasteiger partial charge >= 0.3 is 18.3 Å². The lowest BCUT2D eigenvalue weighted by molar-refractivity contribution is -0.396. The first kappa shape index (κ1) is 23.4. The average molecular weight is 496 g/mol. The van der Waals surface area contributed by atoms with Gasteiger partial charge in [0.15, 0.2) is 0 Å². The summed E-state index contributed by atoms with van der Waals surface area (Å²) in [6.07, 6.45) is -2.45. The Balaban J connectivity index is 1.63. The van der Waals surface area contributed by atoms with E-state index in [2.05, 4.69) is 11.3 Å². The number of para-hydroxylation sites is 1. The second-order valence-electron chi connectivity index (χ2n) is 8.26. The molecule has 3 aromatic carbocycles. The summed E-state index contributed by atoms with van der Waals surface area (Å²) in [4.78, 5) is 12.4. The van der Waals surface area contributed by atoms with Crippen molar-refractivity contribution in [3.63, 3.8) is 0 Å². The van der Waals surface area contributed by atoms with E-state index in [0.717, 1.165) is 23.8 Å². The maximum Gasteiger partial charge on any atom is 0.423 e. The Labute approximate surface area is 201 Å². The van der Waals surface area contributed by atoms with E-state index in [9.17, 15) is 27.5 Å². The number of hydrogen-bond acceptors (Lipinski definition) is 3. The molecule has 0 fully saturated rings. The topological polar surface area (TPSA) is 70.5 Å². The molecule has 0 aliphatic heterocycles. The van der Waals surface area contributed by atoms with E-state index >= 15 is 0 Å². The maximum absolute atomic E-state index is 14.5. The van der Waals surface area contributed by atoms with E-state index in [1.54, 1.807) is 24.3 Å². The molecule has 10 heteroatoms. The van der Waals surface area contributed by atoms with Crippen LogP contribution >= 0.6 is 0 Å². The summed E-state index contributed by atoms with van der Waals surface area (Å²) in [5.41, 5.74) is -2.71. The number of aromatic nitrogens is 3. The lowest BCUT2D eigenvalue weighted by Crippen LogP contribution is -2.46. The first-order valence-corrected chi connectivity index (χ1v) is 10.7. The zero-order valence-electron chi connectivity index (χ0n) is 18.8. The molecular formula is C26H18F4N3O3+. The second-order valence-corrected chi connectivity index (χ2v) is 8.26. The van der Waals surface area contributed by atoms with Gasteiger partial charge in [0.05, 0.1) is 18.8 Å². The van der Waals surface area contributed by atoms with Gasteiger partial charge in [0.25, 0.3) is 0 Å².